The molecule has 20 heavy (non-hydrogen) atoms. The number of aryl methyl sites for hydroxylation is 1. The topological polar surface area (TPSA) is 45.4 Å². The molecule has 1 aromatic heterocycles. The first-order chi connectivity index (χ1) is 9.72. The Labute approximate surface area is 122 Å². The SMILES string of the molecule is Cc1cnc(N2CCC(CN3CCCC3)CC2)c(N)c1. The average Bonchev–Trinajstić information content (AvgIpc) is 2.93. The molecule has 3 heterocycles. The highest BCUT2D eigenvalue weighted by atomic mass is 15.2. The smallest absolute Gasteiger partial charge is 0.151 e. The number of piperidine rings is 1. The van der Waals surface area contributed by atoms with Crippen LogP contribution in [0.5, 0.6) is 0 Å². The van der Waals surface area contributed by atoms with Crippen LogP contribution in [-0.2, 0) is 0 Å². The minimum absolute atomic E-state index is 0.822. The predicted molar refractivity (Wildman–Crippen MR) is 84.0 cm³/mol. The van der Waals surface area contributed by atoms with Crippen molar-refractivity contribution in [2.45, 2.75) is 32.6 Å². The van der Waals surface area contributed by atoms with Crippen LogP contribution < -0.4 is 10.6 Å². The van der Waals surface area contributed by atoms with Gasteiger partial charge in [0.2, 0.25) is 0 Å². The maximum atomic E-state index is 6.11. The van der Waals surface area contributed by atoms with Crippen LogP contribution in [0.1, 0.15) is 31.2 Å². The first-order valence-electron chi connectivity index (χ1n) is 7.92. The van der Waals surface area contributed by atoms with Crippen molar-refractivity contribution in [3.05, 3.63) is 17.8 Å². The van der Waals surface area contributed by atoms with Crippen LogP contribution in [0.15, 0.2) is 12.3 Å². The summed E-state index contributed by atoms with van der Waals surface area (Å²) < 4.78 is 0. The van der Waals surface area contributed by atoms with Crippen molar-refractivity contribution in [3.8, 4) is 0 Å². The second kappa shape index (κ2) is 6.00. The third-order valence-corrected chi connectivity index (χ3v) is 4.66. The first kappa shape index (κ1) is 13.7. The molecule has 4 nitrogen and oxygen atoms in total. The highest BCUT2D eigenvalue weighted by molar-refractivity contribution is 5.63. The molecule has 2 N–H and O–H groups in total. The molecule has 0 bridgehead atoms. The van der Waals surface area contributed by atoms with Gasteiger partial charge in [-0.25, -0.2) is 4.98 Å². The third kappa shape index (κ3) is 3.06. The molecule has 0 aromatic carbocycles. The van der Waals surface area contributed by atoms with Crippen LogP contribution in [-0.4, -0.2) is 42.6 Å². The lowest BCUT2D eigenvalue weighted by molar-refractivity contribution is 0.249. The van der Waals surface area contributed by atoms with Gasteiger partial charge in [-0.3, -0.25) is 0 Å². The molecule has 1 aromatic rings. The average molecular weight is 274 g/mol. The van der Waals surface area contributed by atoms with E-state index in [0.29, 0.717) is 0 Å². The number of nitrogen functional groups attached to an aromatic ring is 1. The number of aromatic nitrogens is 1. The Morgan fingerprint density at radius 2 is 1.90 bits per heavy atom. The number of hydrogen-bond acceptors (Lipinski definition) is 4. The first-order valence-corrected chi connectivity index (χ1v) is 7.92. The molecular formula is C16H26N4. The van der Waals surface area contributed by atoms with E-state index < -0.39 is 0 Å². The number of likely N-dealkylation sites (tertiary alicyclic amines) is 1. The van der Waals surface area contributed by atoms with E-state index in [9.17, 15) is 0 Å². The zero-order valence-corrected chi connectivity index (χ0v) is 12.5. The van der Waals surface area contributed by atoms with Crippen molar-refractivity contribution in [2.24, 2.45) is 5.92 Å². The highest BCUT2D eigenvalue weighted by Gasteiger charge is 2.24. The van der Waals surface area contributed by atoms with Gasteiger partial charge in [-0.2, -0.15) is 0 Å². The van der Waals surface area contributed by atoms with Crippen molar-refractivity contribution in [3.63, 3.8) is 0 Å². The van der Waals surface area contributed by atoms with Gasteiger partial charge in [0, 0.05) is 25.8 Å². The normalized spacial score (nSPS) is 21.6. The predicted octanol–water partition coefficient (Wildman–Crippen LogP) is 2.28. The molecule has 0 unspecified atom stereocenters. The Balaban J connectivity index is 1.55. The minimum Gasteiger partial charge on any atom is -0.396 e. The highest BCUT2D eigenvalue weighted by Crippen LogP contribution is 2.27. The van der Waals surface area contributed by atoms with Gasteiger partial charge in [-0.15, -0.1) is 0 Å². The van der Waals surface area contributed by atoms with E-state index in [1.165, 1.54) is 45.3 Å². The fourth-order valence-electron chi connectivity index (χ4n) is 3.51. The van der Waals surface area contributed by atoms with Crippen molar-refractivity contribution in [1.82, 2.24) is 9.88 Å². The maximum absolute atomic E-state index is 6.11. The fourth-order valence-corrected chi connectivity index (χ4v) is 3.51. The Morgan fingerprint density at radius 1 is 1.20 bits per heavy atom. The fraction of sp³-hybridized carbons (Fsp3) is 0.688. The van der Waals surface area contributed by atoms with Gasteiger partial charge >= 0.3 is 0 Å². The number of pyridine rings is 1. The van der Waals surface area contributed by atoms with Gasteiger partial charge in [0.25, 0.3) is 0 Å². The summed E-state index contributed by atoms with van der Waals surface area (Å²) in [6, 6.07) is 2.03. The van der Waals surface area contributed by atoms with Crippen molar-refractivity contribution >= 4 is 11.5 Å². The van der Waals surface area contributed by atoms with E-state index in [-0.39, 0.29) is 0 Å². The van der Waals surface area contributed by atoms with E-state index in [1.54, 1.807) is 0 Å². The maximum Gasteiger partial charge on any atom is 0.151 e. The minimum atomic E-state index is 0.822. The van der Waals surface area contributed by atoms with E-state index in [2.05, 4.69) is 14.8 Å². The summed E-state index contributed by atoms with van der Waals surface area (Å²) in [5.41, 5.74) is 8.06. The Bertz CT molecular complexity index is 446. The van der Waals surface area contributed by atoms with Gasteiger partial charge in [0.1, 0.15) is 0 Å². The van der Waals surface area contributed by atoms with Gasteiger partial charge in [-0.05, 0) is 63.2 Å². The zero-order chi connectivity index (χ0) is 13.9. The summed E-state index contributed by atoms with van der Waals surface area (Å²) in [5.74, 6) is 1.84. The van der Waals surface area contributed by atoms with Crippen LogP contribution in [0.3, 0.4) is 0 Å². The summed E-state index contributed by atoms with van der Waals surface area (Å²) in [6.07, 6.45) is 7.24. The van der Waals surface area contributed by atoms with Crippen molar-refractivity contribution < 1.29 is 0 Å². The monoisotopic (exact) mass is 274 g/mol. The molecule has 0 amide bonds. The number of rotatable bonds is 3. The molecule has 2 fully saturated rings. The number of nitrogens with two attached hydrogens (primary N) is 1. The molecule has 2 aliphatic heterocycles. The second-order valence-corrected chi connectivity index (χ2v) is 6.36. The summed E-state index contributed by atoms with van der Waals surface area (Å²) >= 11 is 0. The molecule has 0 atom stereocenters. The van der Waals surface area contributed by atoms with E-state index in [0.717, 1.165) is 36.1 Å². The van der Waals surface area contributed by atoms with Crippen LogP contribution >= 0.6 is 0 Å². The molecule has 0 radical (unpaired) electrons. The molecule has 0 spiro atoms. The standard InChI is InChI=1S/C16H26N4/c1-13-10-15(17)16(18-11-13)20-8-4-14(5-9-20)12-19-6-2-3-7-19/h10-11,14H,2-9,12,17H2,1H3. The summed E-state index contributed by atoms with van der Waals surface area (Å²) in [6.45, 7) is 8.15. The number of hydrogen-bond donors (Lipinski definition) is 1. The van der Waals surface area contributed by atoms with E-state index in [1.807, 2.05) is 19.2 Å². The van der Waals surface area contributed by atoms with Crippen molar-refractivity contribution in [1.29, 1.82) is 0 Å². The number of nitrogens with zero attached hydrogens (tertiary/aromatic N) is 3. The molecule has 0 aliphatic carbocycles. The summed E-state index contributed by atoms with van der Waals surface area (Å²) in [7, 11) is 0. The molecule has 2 aliphatic rings. The zero-order valence-electron chi connectivity index (χ0n) is 12.5. The van der Waals surface area contributed by atoms with Crippen LogP contribution in [0, 0.1) is 12.8 Å². The lowest BCUT2D eigenvalue weighted by Gasteiger charge is -2.35. The molecule has 3 rings (SSSR count). The van der Waals surface area contributed by atoms with Gasteiger partial charge < -0.3 is 15.5 Å². The Hall–Kier alpha value is -1.29. The largest absolute Gasteiger partial charge is 0.396 e. The van der Waals surface area contributed by atoms with E-state index in [4.69, 9.17) is 5.73 Å². The van der Waals surface area contributed by atoms with E-state index >= 15 is 0 Å². The molecule has 0 saturated carbocycles. The quantitative estimate of drug-likeness (QED) is 0.918. The molecule has 110 valence electrons. The molecule has 2 saturated heterocycles. The molecule has 4 heteroatoms. The summed E-state index contributed by atoms with van der Waals surface area (Å²) in [4.78, 5) is 9.51. The second-order valence-electron chi connectivity index (χ2n) is 6.36. The lowest BCUT2D eigenvalue weighted by atomic mass is 9.96. The Kier molecular flexibility index (Phi) is 4.10. The lowest BCUT2D eigenvalue weighted by Crippen LogP contribution is -2.38. The van der Waals surface area contributed by atoms with Crippen LogP contribution in [0.4, 0.5) is 11.5 Å². The Morgan fingerprint density at radius 3 is 2.55 bits per heavy atom. The number of anilines is 2. The van der Waals surface area contributed by atoms with Crippen molar-refractivity contribution in [2.75, 3.05) is 43.4 Å². The van der Waals surface area contributed by atoms with Gasteiger partial charge in [0.15, 0.2) is 5.82 Å². The van der Waals surface area contributed by atoms with Crippen LogP contribution in [0.25, 0.3) is 0 Å². The van der Waals surface area contributed by atoms with Crippen LogP contribution in [0.2, 0.25) is 0 Å². The van der Waals surface area contributed by atoms with Gasteiger partial charge in [0.05, 0.1) is 5.69 Å². The third-order valence-electron chi connectivity index (χ3n) is 4.66. The molecular weight excluding hydrogens is 248 g/mol. The van der Waals surface area contributed by atoms with Gasteiger partial charge in [-0.1, -0.05) is 0 Å². The summed E-state index contributed by atoms with van der Waals surface area (Å²) in [5, 5.41) is 0.